The zero-order valence-corrected chi connectivity index (χ0v) is 14.9. The summed E-state index contributed by atoms with van der Waals surface area (Å²) in [6.45, 7) is 2.75. The number of fused-ring (bicyclic) bond motifs is 1. The Hall–Kier alpha value is -2.89. The molecular weight excluding hydrogens is 326 g/mol. The van der Waals surface area contributed by atoms with Crippen molar-refractivity contribution in [3.05, 3.63) is 66.1 Å². The highest BCUT2D eigenvalue weighted by molar-refractivity contribution is 5.75. The Bertz CT molecular complexity index is 891. The van der Waals surface area contributed by atoms with Crippen LogP contribution in [0.25, 0.3) is 5.65 Å². The fourth-order valence-corrected chi connectivity index (χ4v) is 3.69. The van der Waals surface area contributed by atoms with Gasteiger partial charge in [0.25, 0.3) is 0 Å². The van der Waals surface area contributed by atoms with Crippen molar-refractivity contribution in [2.75, 3.05) is 6.54 Å². The minimum Gasteiger partial charge on any atom is -0.328 e. The summed E-state index contributed by atoms with van der Waals surface area (Å²) in [5.41, 5.74) is 2.06. The van der Waals surface area contributed by atoms with Gasteiger partial charge >= 0.3 is 6.03 Å². The highest BCUT2D eigenvalue weighted by Gasteiger charge is 2.30. The molecule has 1 fully saturated rings. The van der Waals surface area contributed by atoms with Gasteiger partial charge < -0.3 is 10.2 Å². The number of urea groups is 1. The molecule has 0 bridgehead atoms. The van der Waals surface area contributed by atoms with E-state index in [0.29, 0.717) is 0 Å². The Morgan fingerprint density at radius 1 is 1.19 bits per heavy atom. The van der Waals surface area contributed by atoms with Crippen LogP contribution in [0.15, 0.2) is 54.7 Å². The lowest BCUT2D eigenvalue weighted by Crippen LogP contribution is -2.44. The van der Waals surface area contributed by atoms with Gasteiger partial charge in [0.05, 0.1) is 6.04 Å². The largest absolute Gasteiger partial charge is 0.328 e. The van der Waals surface area contributed by atoms with Crippen LogP contribution in [-0.4, -0.2) is 38.1 Å². The molecular formula is C20H23N5O. The second-order valence-corrected chi connectivity index (χ2v) is 6.84. The molecule has 0 saturated carbocycles. The standard InChI is InChI=1S/C20H23N5O/c1-15(19-23-22-18-11-5-6-12-25(18)19)21-20(26)24-13-7-10-17(24)14-16-8-3-2-4-9-16/h2-6,8-9,11-12,15,17H,7,10,13-14H2,1H3,(H,21,26)/t15-,17-/m0/s1. The van der Waals surface area contributed by atoms with Gasteiger partial charge in [0.15, 0.2) is 11.5 Å². The number of pyridine rings is 1. The second-order valence-electron chi connectivity index (χ2n) is 6.84. The van der Waals surface area contributed by atoms with E-state index in [-0.39, 0.29) is 18.1 Å². The van der Waals surface area contributed by atoms with E-state index in [1.54, 1.807) is 0 Å². The van der Waals surface area contributed by atoms with Crippen molar-refractivity contribution >= 4 is 11.7 Å². The van der Waals surface area contributed by atoms with Gasteiger partial charge in [-0.3, -0.25) is 4.40 Å². The summed E-state index contributed by atoms with van der Waals surface area (Å²) < 4.78 is 1.91. The molecule has 3 aromatic rings. The van der Waals surface area contributed by atoms with E-state index in [9.17, 15) is 4.79 Å². The maximum absolute atomic E-state index is 12.8. The summed E-state index contributed by atoms with van der Waals surface area (Å²) in [6, 6.07) is 16.1. The second kappa shape index (κ2) is 7.15. The van der Waals surface area contributed by atoms with Gasteiger partial charge in [-0.05, 0) is 43.9 Å². The van der Waals surface area contributed by atoms with E-state index in [4.69, 9.17) is 0 Å². The first-order valence-electron chi connectivity index (χ1n) is 9.13. The van der Waals surface area contributed by atoms with Crippen LogP contribution < -0.4 is 5.32 Å². The molecule has 2 aromatic heterocycles. The van der Waals surface area contributed by atoms with Crippen LogP contribution in [-0.2, 0) is 6.42 Å². The van der Waals surface area contributed by atoms with Crippen molar-refractivity contribution in [3.63, 3.8) is 0 Å². The van der Waals surface area contributed by atoms with Gasteiger partial charge in [-0.1, -0.05) is 36.4 Å². The third-order valence-corrected chi connectivity index (χ3v) is 5.02. The Kier molecular flexibility index (Phi) is 4.56. The predicted octanol–water partition coefficient (Wildman–Crippen LogP) is 3.21. The molecule has 0 aliphatic carbocycles. The average molecular weight is 349 g/mol. The van der Waals surface area contributed by atoms with E-state index < -0.39 is 0 Å². The summed E-state index contributed by atoms with van der Waals surface area (Å²) in [5, 5.41) is 11.5. The molecule has 2 amide bonds. The lowest BCUT2D eigenvalue weighted by Gasteiger charge is -2.26. The molecule has 1 aliphatic rings. The lowest BCUT2D eigenvalue weighted by atomic mass is 10.0. The van der Waals surface area contributed by atoms with Gasteiger partial charge in [0, 0.05) is 18.8 Å². The molecule has 2 atom stereocenters. The van der Waals surface area contributed by atoms with Crippen LogP contribution in [0.5, 0.6) is 0 Å². The van der Waals surface area contributed by atoms with Crippen LogP contribution in [0.4, 0.5) is 4.79 Å². The number of likely N-dealkylation sites (tertiary alicyclic amines) is 1. The Labute approximate surface area is 152 Å². The number of aromatic nitrogens is 3. The number of hydrogen-bond acceptors (Lipinski definition) is 3. The molecule has 6 nitrogen and oxygen atoms in total. The number of nitrogens with one attached hydrogen (secondary N) is 1. The fourth-order valence-electron chi connectivity index (χ4n) is 3.69. The first-order chi connectivity index (χ1) is 12.7. The minimum atomic E-state index is -0.210. The summed E-state index contributed by atoms with van der Waals surface area (Å²) in [6.07, 6.45) is 4.91. The predicted molar refractivity (Wildman–Crippen MR) is 99.8 cm³/mol. The zero-order chi connectivity index (χ0) is 17.9. The van der Waals surface area contributed by atoms with Crippen LogP contribution in [0.3, 0.4) is 0 Å². The Balaban J connectivity index is 1.45. The monoisotopic (exact) mass is 349 g/mol. The number of nitrogens with zero attached hydrogens (tertiary/aromatic N) is 4. The van der Waals surface area contributed by atoms with Gasteiger partial charge in [-0.25, -0.2) is 4.79 Å². The van der Waals surface area contributed by atoms with E-state index >= 15 is 0 Å². The summed E-state index contributed by atoms with van der Waals surface area (Å²) in [4.78, 5) is 14.8. The summed E-state index contributed by atoms with van der Waals surface area (Å²) in [5.74, 6) is 0.743. The smallest absolute Gasteiger partial charge is 0.318 e. The number of amides is 2. The average Bonchev–Trinajstić information content (AvgIpc) is 3.29. The fraction of sp³-hybridized carbons (Fsp3) is 0.350. The highest BCUT2D eigenvalue weighted by Crippen LogP contribution is 2.22. The van der Waals surface area contributed by atoms with E-state index in [1.807, 2.05) is 58.8 Å². The SMILES string of the molecule is C[C@H](NC(=O)N1CCC[C@H]1Cc1ccccc1)c1nnc2ccccn12. The molecule has 134 valence electrons. The van der Waals surface area contributed by atoms with Crippen LogP contribution in [0.1, 0.15) is 37.2 Å². The topological polar surface area (TPSA) is 62.5 Å². The summed E-state index contributed by atoms with van der Waals surface area (Å²) >= 11 is 0. The number of carbonyl (C=O) groups is 1. The molecule has 26 heavy (non-hydrogen) atoms. The molecule has 4 rings (SSSR count). The normalized spacial score (nSPS) is 18.2. The first-order valence-corrected chi connectivity index (χ1v) is 9.13. The zero-order valence-electron chi connectivity index (χ0n) is 14.9. The Morgan fingerprint density at radius 2 is 2.00 bits per heavy atom. The molecule has 1 aromatic carbocycles. The molecule has 3 heterocycles. The number of carbonyl (C=O) groups excluding carboxylic acids is 1. The third kappa shape index (κ3) is 3.27. The van der Waals surface area contributed by atoms with Gasteiger partial charge in [0.2, 0.25) is 0 Å². The lowest BCUT2D eigenvalue weighted by molar-refractivity contribution is 0.188. The van der Waals surface area contributed by atoms with Crippen molar-refractivity contribution in [1.29, 1.82) is 0 Å². The van der Waals surface area contributed by atoms with Crippen LogP contribution >= 0.6 is 0 Å². The van der Waals surface area contributed by atoms with E-state index in [1.165, 1.54) is 5.56 Å². The molecule has 1 N–H and O–H groups in total. The van der Waals surface area contributed by atoms with Crippen LogP contribution in [0, 0.1) is 0 Å². The third-order valence-electron chi connectivity index (χ3n) is 5.02. The van der Waals surface area contributed by atoms with Crippen molar-refractivity contribution < 1.29 is 4.79 Å². The molecule has 0 unspecified atom stereocenters. The quantitative estimate of drug-likeness (QED) is 0.787. The highest BCUT2D eigenvalue weighted by atomic mass is 16.2. The Morgan fingerprint density at radius 3 is 2.85 bits per heavy atom. The molecule has 1 saturated heterocycles. The van der Waals surface area contributed by atoms with Crippen molar-refractivity contribution in [3.8, 4) is 0 Å². The minimum absolute atomic E-state index is 0.0244. The maximum Gasteiger partial charge on any atom is 0.318 e. The number of benzene rings is 1. The van der Waals surface area contributed by atoms with Crippen LogP contribution in [0.2, 0.25) is 0 Å². The molecule has 1 aliphatic heterocycles. The van der Waals surface area contributed by atoms with Gasteiger partial charge in [0.1, 0.15) is 0 Å². The van der Waals surface area contributed by atoms with Crippen molar-refractivity contribution in [2.45, 2.75) is 38.3 Å². The van der Waals surface area contributed by atoms with E-state index in [0.717, 1.165) is 37.3 Å². The molecule has 6 heteroatoms. The van der Waals surface area contributed by atoms with Crippen molar-refractivity contribution in [1.82, 2.24) is 24.8 Å². The molecule has 0 radical (unpaired) electrons. The van der Waals surface area contributed by atoms with E-state index in [2.05, 4.69) is 27.6 Å². The molecule has 0 spiro atoms. The van der Waals surface area contributed by atoms with Gasteiger partial charge in [-0.2, -0.15) is 0 Å². The van der Waals surface area contributed by atoms with Crippen molar-refractivity contribution in [2.24, 2.45) is 0 Å². The first kappa shape index (κ1) is 16.6. The number of rotatable bonds is 4. The number of hydrogen-bond donors (Lipinski definition) is 1. The maximum atomic E-state index is 12.8. The summed E-state index contributed by atoms with van der Waals surface area (Å²) in [7, 11) is 0. The van der Waals surface area contributed by atoms with Gasteiger partial charge in [-0.15, -0.1) is 10.2 Å².